The largest absolute Gasteiger partial charge is 0.660 e. The maximum Gasteiger partial charge on any atom is 0.256 e. The summed E-state index contributed by atoms with van der Waals surface area (Å²) in [5.74, 6) is 0.0708. The Hall–Kier alpha value is -1.94. The third-order valence-electron chi connectivity index (χ3n) is 1.77. The van der Waals surface area contributed by atoms with Crippen molar-refractivity contribution in [2.24, 2.45) is 5.34 Å². The van der Waals surface area contributed by atoms with Gasteiger partial charge in [0, 0.05) is 0 Å². The van der Waals surface area contributed by atoms with Crippen molar-refractivity contribution in [1.82, 2.24) is 5.27 Å². The van der Waals surface area contributed by atoms with E-state index in [1.165, 1.54) is 6.20 Å². The maximum absolute atomic E-state index is 8.45. The summed E-state index contributed by atoms with van der Waals surface area (Å²) in [5.41, 5.74) is 7.13. The van der Waals surface area contributed by atoms with Crippen molar-refractivity contribution >= 4 is 5.88 Å². The van der Waals surface area contributed by atoms with Crippen LogP contribution < -0.4 is 9.80 Å². The summed E-state index contributed by atoms with van der Waals surface area (Å²) in [6.07, 6.45) is 1.53. The molecule has 1 fully saturated rings. The second kappa shape index (κ2) is 6.53. The first-order chi connectivity index (χ1) is 7.77. The first-order valence-corrected chi connectivity index (χ1v) is 4.34. The minimum Gasteiger partial charge on any atom is -0.660 e. The van der Waals surface area contributed by atoms with Crippen LogP contribution in [0.4, 0.5) is 5.88 Å². The molecular weight excluding hydrogens is 222 g/mol. The Morgan fingerprint density at radius 3 is 2.69 bits per heavy atom. The zero-order chi connectivity index (χ0) is 11.8. The van der Waals surface area contributed by atoms with E-state index in [9.17, 15) is 0 Å². The van der Waals surface area contributed by atoms with Crippen LogP contribution in [0.3, 0.4) is 0 Å². The van der Waals surface area contributed by atoms with E-state index in [4.69, 9.17) is 20.6 Å². The van der Waals surface area contributed by atoms with Gasteiger partial charge < -0.3 is 15.0 Å². The average molecular weight is 233 g/mol. The standard InChI is InChI=1S/C6H10N4O2.HNO3/c7-6-5-10(8-12-6)9-1-3-11-4-2-9;2-1-4-3/h5,7H,1-4H2;3H. The molecule has 1 saturated heterocycles. The summed E-state index contributed by atoms with van der Waals surface area (Å²) < 4.78 is 9.78. The maximum atomic E-state index is 8.45. The summed E-state index contributed by atoms with van der Waals surface area (Å²) in [7, 11) is 0. The minimum atomic E-state index is 0.0708. The normalized spacial score (nSPS) is 14.9. The Morgan fingerprint density at radius 2 is 2.25 bits per heavy atom. The van der Waals surface area contributed by atoms with Crippen LogP contribution in [0.5, 0.6) is 0 Å². The van der Waals surface area contributed by atoms with Gasteiger partial charge in [-0.1, -0.05) is 0 Å². The SMILES string of the molecule is O=NOO.[NH-]c1c[n+](N2CCOCC2)no1. The molecular formula is C6H11N5O5. The Labute approximate surface area is 89.9 Å². The van der Waals surface area contributed by atoms with Crippen LogP contribution >= 0.6 is 0 Å². The lowest BCUT2D eigenvalue weighted by molar-refractivity contribution is -0.759. The molecule has 1 aliphatic heterocycles. The highest BCUT2D eigenvalue weighted by atomic mass is 17.2. The van der Waals surface area contributed by atoms with Gasteiger partial charge in [-0.2, -0.15) is 10.2 Å². The van der Waals surface area contributed by atoms with Gasteiger partial charge in [0.15, 0.2) is 5.34 Å². The van der Waals surface area contributed by atoms with Crippen molar-refractivity contribution in [3.63, 3.8) is 0 Å². The van der Waals surface area contributed by atoms with Gasteiger partial charge in [-0.25, -0.2) is 0 Å². The molecule has 0 radical (unpaired) electrons. The molecule has 0 aromatic carbocycles. The lowest BCUT2D eigenvalue weighted by atomic mass is 10.5. The molecule has 2 rings (SSSR count). The van der Waals surface area contributed by atoms with Crippen molar-refractivity contribution in [2.75, 3.05) is 31.3 Å². The molecule has 0 atom stereocenters. The highest BCUT2D eigenvalue weighted by molar-refractivity contribution is 5.19. The Kier molecular flexibility index (Phi) is 4.95. The van der Waals surface area contributed by atoms with Crippen LogP contribution in [0, 0.1) is 4.91 Å². The van der Waals surface area contributed by atoms with E-state index in [-0.39, 0.29) is 5.88 Å². The van der Waals surface area contributed by atoms with E-state index in [1.807, 2.05) is 5.01 Å². The average Bonchev–Trinajstić information content (AvgIpc) is 2.77. The second-order valence-corrected chi connectivity index (χ2v) is 2.71. The quantitative estimate of drug-likeness (QED) is 0.323. The number of morpholine rings is 1. The summed E-state index contributed by atoms with van der Waals surface area (Å²) in [6, 6.07) is 0. The number of nitrogens with zero attached hydrogens (tertiary/aromatic N) is 4. The fraction of sp³-hybridized carbons (Fsp3) is 0.667. The molecule has 2 heterocycles. The van der Waals surface area contributed by atoms with Crippen LogP contribution in [0.25, 0.3) is 5.73 Å². The number of nitrogens with one attached hydrogen (secondary N) is 1. The summed E-state index contributed by atoms with van der Waals surface area (Å²) >= 11 is 0. The number of hydrogen-bond acceptors (Lipinski definition) is 8. The molecule has 10 heteroatoms. The molecule has 16 heavy (non-hydrogen) atoms. The van der Waals surface area contributed by atoms with E-state index in [2.05, 4.69) is 14.8 Å². The predicted octanol–water partition coefficient (Wildman–Crippen LogP) is -0.229. The topological polar surface area (TPSA) is 125 Å². The molecule has 2 N–H and O–H groups in total. The summed E-state index contributed by atoms with van der Waals surface area (Å²) in [5, 5.41) is 14.1. The molecule has 0 saturated carbocycles. The zero-order valence-electron chi connectivity index (χ0n) is 8.27. The smallest absolute Gasteiger partial charge is 0.256 e. The van der Waals surface area contributed by atoms with Gasteiger partial charge in [0.25, 0.3) is 6.20 Å². The first kappa shape index (κ1) is 12.1. The van der Waals surface area contributed by atoms with Crippen molar-refractivity contribution in [2.45, 2.75) is 0 Å². The van der Waals surface area contributed by atoms with Gasteiger partial charge in [0.1, 0.15) is 5.88 Å². The van der Waals surface area contributed by atoms with E-state index in [0.717, 1.165) is 13.1 Å². The van der Waals surface area contributed by atoms with Crippen LogP contribution in [0.15, 0.2) is 16.1 Å². The van der Waals surface area contributed by atoms with Gasteiger partial charge in [-0.05, 0) is 0 Å². The lowest BCUT2D eigenvalue weighted by Crippen LogP contribution is -2.62. The monoisotopic (exact) mass is 233 g/mol. The molecule has 0 amide bonds. The fourth-order valence-electron chi connectivity index (χ4n) is 1.13. The predicted molar refractivity (Wildman–Crippen MR) is 49.0 cm³/mol. The molecule has 10 nitrogen and oxygen atoms in total. The van der Waals surface area contributed by atoms with E-state index >= 15 is 0 Å². The van der Waals surface area contributed by atoms with E-state index < -0.39 is 0 Å². The fourth-order valence-corrected chi connectivity index (χ4v) is 1.13. The minimum absolute atomic E-state index is 0.0708. The van der Waals surface area contributed by atoms with E-state index in [0.29, 0.717) is 13.2 Å². The summed E-state index contributed by atoms with van der Waals surface area (Å²) in [6.45, 7) is 2.98. The molecule has 1 aromatic rings. The van der Waals surface area contributed by atoms with Crippen LogP contribution in [-0.4, -0.2) is 36.8 Å². The van der Waals surface area contributed by atoms with Crippen molar-refractivity contribution in [1.29, 1.82) is 0 Å². The summed E-state index contributed by atoms with van der Waals surface area (Å²) in [4.78, 5) is 12.6. The highest BCUT2D eigenvalue weighted by Gasteiger charge is 2.20. The zero-order valence-corrected chi connectivity index (χ0v) is 8.27. The Balaban J connectivity index is 0.000000280. The van der Waals surface area contributed by atoms with Gasteiger partial charge >= 0.3 is 0 Å². The molecule has 90 valence electrons. The van der Waals surface area contributed by atoms with Gasteiger partial charge in [0.2, 0.25) is 5.27 Å². The molecule has 0 unspecified atom stereocenters. The lowest BCUT2D eigenvalue weighted by Gasteiger charge is -2.18. The number of ether oxygens (including phenoxy) is 1. The first-order valence-electron chi connectivity index (χ1n) is 4.34. The van der Waals surface area contributed by atoms with Crippen LogP contribution in [-0.2, 0) is 9.73 Å². The number of aromatic nitrogens is 2. The van der Waals surface area contributed by atoms with Gasteiger partial charge in [-0.15, -0.1) is 9.92 Å². The van der Waals surface area contributed by atoms with Crippen molar-refractivity contribution < 1.29 is 24.3 Å². The van der Waals surface area contributed by atoms with Crippen LogP contribution in [0.1, 0.15) is 0 Å². The van der Waals surface area contributed by atoms with Crippen molar-refractivity contribution in [3.05, 3.63) is 16.8 Å². The molecule has 1 aliphatic rings. The number of rotatable bonds is 2. The van der Waals surface area contributed by atoms with E-state index in [1.54, 1.807) is 10.1 Å². The van der Waals surface area contributed by atoms with Crippen molar-refractivity contribution in [3.8, 4) is 0 Å². The number of hydrogen-bond donors (Lipinski definition) is 1. The van der Waals surface area contributed by atoms with Crippen LogP contribution in [0.2, 0.25) is 0 Å². The Morgan fingerprint density at radius 1 is 1.62 bits per heavy atom. The third kappa shape index (κ3) is 3.67. The molecule has 0 aliphatic carbocycles. The van der Waals surface area contributed by atoms with Gasteiger partial charge in [-0.3, -0.25) is 0 Å². The highest BCUT2D eigenvalue weighted by Crippen LogP contribution is 2.01. The third-order valence-corrected chi connectivity index (χ3v) is 1.77. The second-order valence-electron chi connectivity index (χ2n) is 2.71. The molecule has 0 bridgehead atoms. The Bertz CT molecular complexity index is 312. The van der Waals surface area contributed by atoms with Gasteiger partial charge in [0.05, 0.1) is 31.1 Å². The molecule has 0 spiro atoms. The molecule has 1 aromatic heterocycles.